The Balaban J connectivity index is 1.50. The zero-order valence-electron chi connectivity index (χ0n) is 15.1. The number of thiophene rings is 1. The number of aromatic nitrogens is 1. The maximum Gasteiger partial charge on any atom is 0.250 e. The summed E-state index contributed by atoms with van der Waals surface area (Å²) in [5, 5.41) is 3.89. The van der Waals surface area contributed by atoms with Gasteiger partial charge in [0.1, 0.15) is 4.21 Å². The van der Waals surface area contributed by atoms with Crippen molar-refractivity contribution in [2.24, 2.45) is 0 Å². The number of nitrogens with one attached hydrogen (secondary N) is 2. The van der Waals surface area contributed by atoms with Crippen LogP contribution < -0.4 is 10.0 Å². The van der Waals surface area contributed by atoms with Crippen molar-refractivity contribution in [3.8, 4) is 0 Å². The highest BCUT2D eigenvalue weighted by Crippen LogP contribution is 2.22. The molecule has 1 amide bonds. The molecule has 27 heavy (non-hydrogen) atoms. The second-order valence-corrected chi connectivity index (χ2v) is 9.44. The molecule has 0 aliphatic carbocycles. The van der Waals surface area contributed by atoms with E-state index in [1.165, 1.54) is 23.6 Å². The second kappa shape index (κ2) is 8.69. The standard InChI is InChI=1S/C19H23N3O3S2/c1-15(23)20-12-9-17-7-8-19(26-17)27(24,25)21-11-4-13-22-14-10-16-5-2-3-6-18(16)22/h2-3,5-8,10,14,21H,4,9,11-13H2,1H3,(H,20,23). The molecule has 1 aromatic carbocycles. The van der Waals surface area contributed by atoms with Crippen molar-refractivity contribution < 1.29 is 13.2 Å². The highest BCUT2D eigenvalue weighted by Gasteiger charge is 2.16. The summed E-state index contributed by atoms with van der Waals surface area (Å²) in [6, 6.07) is 13.6. The van der Waals surface area contributed by atoms with Gasteiger partial charge in [0, 0.05) is 43.1 Å². The van der Waals surface area contributed by atoms with Crippen LogP contribution in [0.2, 0.25) is 0 Å². The van der Waals surface area contributed by atoms with E-state index in [9.17, 15) is 13.2 Å². The molecule has 8 heteroatoms. The number of aryl methyl sites for hydroxylation is 1. The van der Waals surface area contributed by atoms with E-state index < -0.39 is 10.0 Å². The van der Waals surface area contributed by atoms with Gasteiger partial charge >= 0.3 is 0 Å². The van der Waals surface area contributed by atoms with Gasteiger partial charge in [-0.2, -0.15) is 0 Å². The summed E-state index contributed by atoms with van der Waals surface area (Å²) >= 11 is 1.24. The van der Waals surface area contributed by atoms with Crippen LogP contribution in [0, 0.1) is 0 Å². The first-order valence-electron chi connectivity index (χ1n) is 8.82. The molecule has 2 N–H and O–H groups in total. The number of carbonyl (C=O) groups is 1. The van der Waals surface area contributed by atoms with Crippen LogP contribution in [0.3, 0.4) is 0 Å². The molecule has 0 radical (unpaired) electrons. The van der Waals surface area contributed by atoms with E-state index in [-0.39, 0.29) is 5.91 Å². The van der Waals surface area contributed by atoms with Crippen LogP contribution in [0.25, 0.3) is 10.9 Å². The van der Waals surface area contributed by atoms with Gasteiger partial charge in [0.2, 0.25) is 15.9 Å². The lowest BCUT2D eigenvalue weighted by atomic mass is 10.2. The summed E-state index contributed by atoms with van der Waals surface area (Å²) in [7, 11) is -3.49. The zero-order valence-corrected chi connectivity index (χ0v) is 16.8. The number of carbonyl (C=O) groups excluding carboxylic acids is 1. The minimum absolute atomic E-state index is 0.0865. The molecule has 0 fully saturated rings. The Kier molecular flexibility index (Phi) is 6.30. The maximum absolute atomic E-state index is 12.4. The lowest BCUT2D eigenvalue weighted by molar-refractivity contribution is -0.118. The van der Waals surface area contributed by atoms with Gasteiger partial charge < -0.3 is 9.88 Å². The number of hydrogen-bond donors (Lipinski definition) is 2. The third kappa shape index (κ3) is 5.18. The molecule has 0 atom stereocenters. The van der Waals surface area contributed by atoms with Crippen LogP contribution >= 0.6 is 11.3 Å². The molecule has 0 saturated heterocycles. The third-order valence-electron chi connectivity index (χ3n) is 4.20. The zero-order chi connectivity index (χ0) is 19.3. The summed E-state index contributed by atoms with van der Waals surface area (Å²) in [5.41, 5.74) is 1.16. The van der Waals surface area contributed by atoms with Gasteiger partial charge in [-0.15, -0.1) is 11.3 Å². The second-order valence-electron chi connectivity index (χ2n) is 6.27. The SMILES string of the molecule is CC(=O)NCCc1ccc(S(=O)(=O)NCCCn2ccc3ccccc32)s1. The van der Waals surface area contributed by atoms with Crippen LogP contribution in [0.15, 0.2) is 52.9 Å². The number of nitrogens with zero attached hydrogens (tertiary/aromatic N) is 1. The number of amides is 1. The average Bonchev–Trinajstić information content (AvgIpc) is 3.26. The number of rotatable bonds is 9. The van der Waals surface area contributed by atoms with Crippen molar-refractivity contribution in [2.45, 2.75) is 30.5 Å². The van der Waals surface area contributed by atoms with Gasteiger partial charge in [0.15, 0.2) is 0 Å². The van der Waals surface area contributed by atoms with Crippen LogP contribution in [0.5, 0.6) is 0 Å². The normalized spacial score (nSPS) is 11.7. The minimum atomic E-state index is -3.49. The summed E-state index contributed by atoms with van der Waals surface area (Å²) in [5.74, 6) is -0.0865. The van der Waals surface area contributed by atoms with Crippen molar-refractivity contribution in [2.75, 3.05) is 13.1 Å². The highest BCUT2D eigenvalue weighted by molar-refractivity contribution is 7.91. The first-order chi connectivity index (χ1) is 13.0. The quantitative estimate of drug-likeness (QED) is 0.537. The summed E-state index contributed by atoms with van der Waals surface area (Å²) in [4.78, 5) is 11.8. The van der Waals surface area contributed by atoms with E-state index >= 15 is 0 Å². The topological polar surface area (TPSA) is 80.2 Å². The highest BCUT2D eigenvalue weighted by atomic mass is 32.2. The lowest BCUT2D eigenvalue weighted by Gasteiger charge is -2.07. The van der Waals surface area contributed by atoms with Gasteiger partial charge in [-0.25, -0.2) is 13.1 Å². The van der Waals surface area contributed by atoms with Gasteiger partial charge in [0.05, 0.1) is 0 Å². The Labute approximate surface area is 163 Å². The van der Waals surface area contributed by atoms with Gasteiger partial charge in [-0.05, 0) is 42.5 Å². The van der Waals surface area contributed by atoms with E-state index in [4.69, 9.17) is 0 Å². The number of hydrogen-bond acceptors (Lipinski definition) is 4. The Bertz CT molecular complexity index is 1020. The largest absolute Gasteiger partial charge is 0.356 e. The van der Waals surface area contributed by atoms with Crippen LogP contribution in [-0.4, -0.2) is 32.0 Å². The predicted molar refractivity (Wildman–Crippen MR) is 108 cm³/mol. The smallest absolute Gasteiger partial charge is 0.250 e. The monoisotopic (exact) mass is 405 g/mol. The predicted octanol–water partition coefficient (Wildman–Crippen LogP) is 2.75. The molecule has 0 saturated carbocycles. The number of sulfonamides is 1. The molecule has 144 valence electrons. The molecule has 0 spiro atoms. The number of para-hydroxylation sites is 1. The van der Waals surface area contributed by atoms with E-state index in [2.05, 4.69) is 32.8 Å². The third-order valence-corrected chi connectivity index (χ3v) is 7.29. The molecule has 3 rings (SSSR count). The molecule has 0 aliphatic heterocycles. The van der Waals surface area contributed by atoms with Crippen molar-refractivity contribution in [1.82, 2.24) is 14.6 Å². The Morgan fingerprint density at radius 1 is 1.11 bits per heavy atom. The fourth-order valence-electron chi connectivity index (χ4n) is 2.86. The molecule has 2 heterocycles. The van der Waals surface area contributed by atoms with Gasteiger partial charge in [-0.1, -0.05) is 18.2 Å². The summed E-state index contributed by atoms with van der Waals surface area (Å²) in [6.07, 6.45) is 3.36. The summed E-state index contributed by atoms with van der Waals surface area (Å²) < 4.78 is 30.0. The Morgan fingerprint density at radius 3 is 2.74 bits per heavy atom. The molecule has 0 aliphatic rings. The maximum atomic E-state index is 12.4. The van der Waals surface area contributed by atoms with Crippen molar-refractivity contribution in [3.63, 3.8) is 0 Å². The molecular formula is C19H23N3O3S2. The summed E-state index contributed by atoms with van der Waals surface area (Å²) in [6.45, 7) is 3.11. The van der Waals surface area contributed by atoms with E-state index in [1.807, 2.05) is 18.3 Å². The lowest BCUT2D eigenvalue weighted by Crippen LogP contribution is -2.24. The van der Waals surface area contributed by atoms with Crippen LogP contribution in [0.1, 0.15) is 18.2 Å². The fourth-order valence-corrected chi connectivity index (χ4v) is 5.34. The molecule has 0 bridgehead atoms. The molecule has 3 aromatic rings. The minimum Gasteiger partial charge on any atom is -0.356 e. The van der Waals surface area contributed by atoms with Crippen molar-refractivity contribution >= 4 is 38.2 Å². The van der Waals surface area contributed by atoms with Crippen molar-refractivity contribution in [1.29, 1.82) is 0 Å². The van der Waals surface area contributed by atoms with Crippen LogP contribution in [0.4, 0.5) is 0 Å². The first-order valence-corrected chi connectivity index (χ1v) is 11.1. The van der Waals surface area contributed by atoms with Crippen LogP contribution in [-0.2, 0) is 27.8 Å². The van der Waals surface area contributed by atoms with E-state index in [0.717, 1.165) is 16.9 Å². The Hall–Kier alpha value is -2.16. The van der Waals surface area contributed by atoms with E-state index in [0.29, 0.717) is 30.1 Å². The molecule has 0 unspecified atom stereocenters. The average molecular weight is 406 g/mol. The van der Waals surface area contributed by atoms with Crippen molar-refractivity contribution in [3.05, 3.63) is 53.5 Å². The molecule has 6 nitrogen and oxygen atoms in total. The first kappa shape index (κ1) is 19.6. The molecular weight excluding hydrogens is 382 g/mol. The van der Waals surface area contributed by atoms with Gasteiger partial charge in [0.25, 0.3) is 0 Å². The number of benzene rings is 1. The van der Waals surface area contributed by atoms with E-state index in [1.54, 1.807) is 12.1 Å². The fraction of sp³-hybridized carbons (Fsp3) is 0.316. The molecule has 2 aromatic heterocycles. The number of fused-ring (bicyclic) bond motifs is 1. The van der Waals surface area contributed by atoms with Gasteiger partial charge in [-0.3, -0.25) is 4.79 Å². The Morgan fingerprint density at radius 2 is 1.93 bits per heavy atom.